The highest BCUT2D eigenvalue weighted by Gasteiger charge is 2.22. The molecule has 0 N–H and O–H groups in total. The lowest BCUT2D eigenvalue weighted by Gasteiger charge is -2.15. The van der Waals surface area contributed by atoms with Crippen LogP contribution in [-0.2, 0) is 0 Å². The molecule has 1 aromatic heterocycles. The predicted octanol–water partition coefficient (Wildman–Crippen LogP) is 5.14. The summed E-state index contributed by atoms with van der Waals surface area (Å²) < 4.78 is 50.5. The van der Waals surface area contributed by atoms with Crippen molar-refractivity contribution in [2.75, 3.05) is 14.2 Å². The third-order valence-corrected chi connectivity index (χ3v) is 3.99. The Balaban J connectivity index is 2.02. The number of nitriles is 1. The Morgan fingerprint density at radius 3 is 2.21 bits per heavy atom. The summed E-state index contributed by atoms with van der Waals surface area (Å²) in [5, 5.41) is 8.98. The number of nitrogens with zero attached hydrogens (tertiary/aromatic N) is 2. The summed E-state index contributed by atoms with van der Waals surface area (Å²) in [5.41, 5.74) is -0.0115. The van der Waals surface area contributed by atoms with Crippen LogP contribution in [0.2, 0.25) is 0 Å². The molecule has 0 saturated carbocycles. The minimum atomic E-state index is -0.981. The number of rotatable bonds is 6. The van der Waals surface area contributed by atoms with E-state index in [1.807, 2.05) is 6.07 Å². The fourth-order valence-electron chi connectivity index (χ4n) is 2.53. The Morgan fingerprint density at radius 2 is 1.55 bits per heavy atom. The largest absolute Gasteiger partial charge is 0.493 e. The highest BCUT2D eigenvalue weighted by Crippen LogP contribution is 2.40. The predicted molar refractivity (Wildman–Crippen MR) is 99.7 cm³/mol. The lowest BCUT2D eigenvalue weighted by Crippen LogP contribution is -2.03. The quantitative estimate of drug-likeness (QED) is 0.572. The number of pyridine rings is 1. The number of para-hydroxylation sites is 1. The van der Waals surface area contributed by atoms with Crippen molar-refractivity contribution in [3.8, 4) is 40.8 Å². The summed E-state index contributed by atoms with van der Waals surface area (Å²) in [5.74, 6) is -2.05. The molecule has 0 spiro atoms. The first-order valence-electron chi connectivity index (χ1n) is 8.41. The third-order valence-electron chi connectivity index (χ3n) is 3.99. The van der Waals surface area contributed by atoms with Gasteiger partial charge >= 0.3 is 0 Å². The highest BCUT2D eigenvalue weighted by atomic mass is 19.1. The molecule has 0 aliphatic rings. The van der Waals surface area contributed by atoms with E-state index in [1.54, 1.807) is 24.3 Å². The molecule has 8 heteroatoms. The van der Waals surface area contributed by atoms with Crippen LogP contribution < -0.4 is 18.9 Å². The van der Waals surface area contributed by atoms with E-state index in [-0.39, 0.29) is 22.8 Å². The van der Waals surface area contributed by atoms with Crippen LogP contribution in [0.15, 0.2) is 42.5 Å². The molecule has 0 fully saturated rings. The van der Waals surface area contributed by atoms with Gasteiger partial charge in [0.2, 0.25) is 5.75 Å². The summed E-state index contributed by atoms with van der Waals surface area (Å²) in [7, 11) is 2.85. The fraction of sp³-hybridized carbons (Fsp3) is 0.143. The molecule has 0 saturated heterocycles. The van der Waals surface area contributed by atoms with Crippen LogP contribution in [0.25, 0.3) is 0 Å². The van der Waals surface area contributed by atoms with Gasteiger partial charge in [-0.25, -0.2) is 8.78 Å². The van der Waals surface area contributed by atoms with Gasteiger partial charge in [0.25, 0.3) is 11.8 Å². The molecular formula is C21H16F2N2O4. The Bertz CT molecular complexity index is 1100. The Morgan fingerprint density at radius 1 is 0.897 bits per heavy atom. The monoisotopic (exact) mass is 398 g/mol. The first kappa shape index (κ1) is 19.9. The maximum Gasteiger partial charge on any atom is 0.259 e. The molecule has 0 atom stereocenters. The molecule has 2 aromatic carbocycles. The van der Waals surface area contributed by atoms with E-state index in [4.69, 9.17) is 24.2 Å². The number of benzene rings is 2. The van der Waals surface area contributed by atoms with Gasteiger partial charge in [-0.15, -0.1) is 0 Å². The van der Waals surface area contributed by atoms with Gasteiger partial charge < -0.3 is 18.9 Å². The van der Waals surface area contributed by atoms with E-state index in [9.17, 15) is 8.78 Å². The molecule has 29 heavy (non-hydrogen) atoms. The molecule has 6 nitrogen and oxygen atoms in total. The Hall–Kier alpha value is -3.86. The average molecular weight is 398 g/mol. The topological polar surface area (TPSA) is 73.6 Å². The third kappa shape index (κ3) is 4.04. The van der Waals surface area contributed by atoms with E-state index >= 15 is 0 Å². The number of ether oxygens (including phenoxy) is 4. The average Bonchev–Trinajstić information content (AvgIpc) is 2.75. The minimum absolute atomic E-state index is 0.127. The van der Waals surface area contributed by atoms with Crippen molar-refractivity contribution in [2.24, 2.45) is 0 Å². The van der Waals surface area contributed by atoms with Crippen molar-refractivity contribution in [3.05, 3.63) is 65.2 Å². The molecule has 0 aliphatic heterocycles. The molecule has 1 heterocycles. The minimum Gasteiger partial charge on any atom is -0.493 e. The SMILES string of the molecule is COc1cccc(Oc2nc(Oc3cccc(C#N)c3)c(F)c(C)c2F)c1OC. The van der Waals surface area contributed by atoms with E-state index in [0.717, 1.165) is 0 Å². The second-order valence-corrected chi connectivity index (χ2v) is 5.81. The van der Waals surface area contributed by atoms with Gasteiger partial charge in [-0.3, -0.25) is 0 Å². The highest BCUT2D eigenvalue weighted by molar-refractivity contribution is 5.52. The molecule has 148 valence electrons. The van der Waals surface area contributed by atoms with Gasteiger partial charge in [0.05, 0.1) is 25.9 Å². The standard InChI is InChI=1S/C21H16F2N2O4/c1-12-17(22)20(28-14-7-4-6-13(10-14)11-24)25-21(18(12)23)29-16-9-5-8-15(26-2)19(16)27-3/h4-10H,1-3H3. The van der Waals surface area contributed by atoms with Crippen LogP contribution in [0.1, 0.15) is 11.1 Å². The second kappa shape index (κ2) is 8.44. The summed E-state index contributed by atoms with van der Waals surface area (Å²) in [6, 6.07) is 12.8. The van der Waals surface area contributed by atoms with Crippen LogP contribution in [0.4, 0.5) is 8.78 Å². The molecule has 0 radical (unpaired) electrons. The van der Waals surface area contributed by atoms with Gasteiger partial charge in [-0.05, 0) is 37.3 Å². The van der Waals surface area contributed by atoms with Crippen molar-refractivity contribution in [1.82, 2.24) is 4.98 Å². The van der Waals surface area contributed by atoms with Gasteiger partial charge in [-0.1, -0.05) is 12.1 Å². The van der Waals surface area contributed by atoms with Crippen molar-refractivity contribution in [3.63, 3.8) is 0 Å². The number of methoxy groups -OCH3 is 2. The summed E-state index contributed by atoms with van der Waals surface area (Å²) in [4.78, 5) is 3.84. The van der Waals surface area contributed by atoms with Gasteiger partial charge in [-0.2, -0.15) is 10.2 Å². The Labute approximate surface area is 165 Å². The first-order chi connectivity index (χ1) is 14.0. The van der Waals surface area contributed by atoms with Gasteiger partial charge in [0.15, 0.2) is 23.1 Å². The lowest BCUT2D eigenvalue weighted by molar-refractivity contribution is 0.325. The molecule has 0 aliphatic carbocycles. The Kier molecular flexibility index (Phi) is 5.79. The van der Waals surface area contributed by atoms with Gasteiger partial charge in [0.1, 0.15) is 5.75 Å². The number of halogens is 2. The summed E-state index contributed by atoms with van der Waals surface area (Å²) in [6.45, 7) is 1.24. The molecule has 3 rings (SSSR count). The second-order valence-electron chi connectivity index (χ2n) is 5.81. The van der Waals surface area contributed by atoms with E-state index in [2.05, 4.69) is 4.98 Å². The zero-order valence-electron chi connectivity index (χ0n) is 15.8. The van der Waals surface area contributed by atoms with E-state index < -0.39 is 23.4 Å². The fourth-order valence-corrected chi connectivity index (χ4v) is 2.53. The maximum atomic E-state index is 14.6. The van der Waals surface area contributed by atoms with E-state index in [0.29, 0.717) is 11.3 Å². The van der Waals surface area contributed by atoms with E-state index in [1.165, 1.54) is 39.3 Å². The lowest BCUT2D eigenvalue weighted by atomic mass is 10.2. The molecule has 0 bridgehead atoms. The van der Waals surface area contributed by atoms with Gasteiger partial charge in [0, 0.05) is 5.56 Å². The molecule has 0 unspecified atom stereocenters. The van der Waals surface area contributed by atoms with Crippen molar-refractivity contribution in [2.45, 2.75) is 6.92 Å². The van der Waals surface area contributed by atoms with Crippen LogP contribution in [0, 0.1) is 29.9 Å². The van der Waals surface area contributed by atoms with Crippen LogP contribution >= 0.6 is 0 Å². The van der Waals surface area contributed by atoms with Crippen LogP contribution in [-0.4, -0.2) is 19.2 Å². The smallest absolute Gasteiger partial charge is 0.259 e. The number of aromatic nitrogens is 1. The summed E-state index contributed by atoms with van der Waals surface area (Å²) in [6.07, 6.45) is 0. The zero-order valence-corrected chi connectivity index (χ0v) is 15.8. The van der Waals surface area contributed by atoms with Crippen LogP contribution in [0.3, 0.4) is 0 Å². The number of hydrogen-bond acceptors (Lipinski definition) is 6. The zero-order chi connectivity index (χ0) is 21.0. The first-order valence-corrected chi connectivity index (χ1v) is 8.41. The molecule has 0 amide bonds. The molecular weight excluding hydrogens is 382 g/mol. The van der Waals surface area contributed by atoms with Crippen molar-refractivity contribution in [1.29, 1.82) is 5.26 Å². The number of hydrogen-bond donors (Lipinski definition) is 0. The summed E-state index contributed by atoms with van der Waals surface area (Å²) >= 11 is 0. The van der Waals surface area contributed by atoms with Crippen molar-refractivity contribution < 1.29 is 27.7 Å². The normalized spacial score (nSPS) is 10.2. The maximum absolute atomic E-state index is 14.6. The van der Waals surface area contributed by atoms with Crippen LogP contribution in [0.5, 0.6) is 34.8 Å². The molecule has 3 aromatic rings. The van der Waals surface area contributed by atoms with Crippen molar-refractivity contribution >= 4 is 0 Å².